The molecule has 0 unspecified atom stereocenters. The Morgan fingerprint density at radius 3 is 2.56 bits per heavy atom. The van der Waals surface area contributed by atoms with Crippen LogP contribution in [-0.2, 0) is 0 Å². The Morgan fingerprint density at radius 2 is 2.11 bits per heavy atom. The topological polar surface area (TPSA) is 119 Å². The van der Waals surface area contributed by atoms with Crippen LogP contribution >= 0.6 is 0 Å². The average molecular weight is 251 g/mol. The molecule has 0 aliphatic heterocycles. The fourth-order valence-electron chi connectivity index (χ4n) is 1.30. The van der Waals surface area contributed by atoms with E-state index in [0.29, 0.717) is 5.69 Å². The molecule has 0 atom stereocenters. The predicted octanol–water partition coefficient (Wildman–Crippen LogP) is 0.622. The van der Waals surface area contributed by atoms with Crippen molar-refractivity contribution in [1.29, 1.82) is 5.26 Å². The molecule has 0 aliphatic carbocycles. The normalized spacial score (nSPS) is 10.8. The fourth-order valence-corrected chi connectivity index (χ4v) is 1.30. The maximum Gasteiger partial charge on any atom is 0.270 e. The molecule has 7 heteroatoms. The lowest BCUT2D eigenvalue weighted by Gasteiger charge is -2.27. The summed E-state index contributed by atoms with van der Waals surface area (Å²) < 4.78 is 0. The van der Waals surface area contributed by atoms with Gasteiger partial charge in [-0.1, -0.05) is 0 Å². The Morgan fingerprint density at radius 1 is 1.50 bits per heavy atom. The summed E-state index contributed by atoms with van der Waals surface area (Å²) in [5.74, 6) is 0. The van der Waals surface area contributed by atoms with Gasteiger partial charge in [0, 0.05) is 12.1 Å². The minimum Gasteiger partial charge on any atom is -0.394 e. The smallest absolute Gasteiger partial charge is 0.270 e. The second-order valence-corrected chi connectivity index (χ2v) is 4.10. The summed E-state index contributed by atoms with van der Waals surface area (Å²) in [6.45, 7) is 0.881. The molecular weight excluding hydrogens is 238 g/mol. The maximum atomic E-state index is 10.6. The number of nitro groups is 1. The van der Waals surface area contributed by atoms with Gasteiger partial charge in [0.15, 0.2) is 0 Å². The van der Waals surface area contributed by atoms with E-state index < -0.39 is 10.5 Å². The number of anilines is 1. The Kier molecular flexibility index (Phi) is 4.20. The van der Waals surface area contributed by atoms with E-state index in [-0.39, 0.29) is 24.5 Å². The van der Waals surface area contributed by atoms with Crippen LogP contribution in [0.3, 0.4) is 0 Å². The number of nitriles is 1. The highest BCUT2D eigenvalue weighted by molar-refractivity contribution is 5.62. The Balaban J connectivity index is 3.11. The van der Waals surface area contributed by atoms with Crippen molar-refractivity contribution in [3.8, 4) is 6.07 Å². The van der Waals surface area contributed by atoms with E-state index in [1.165, 1.54) is 12.1 Å². The van der Waals surface area contributed by atoms with Crippen LogP contribution in [0.2, 0.25) is 0 Å². The predicted molar refractivity (Wildman–Crippen MR) is 64.0 cm³/mol. The van der Waals surface area contributed by atoms with Gasteiger partial charge in [0.1, 0.15) is 6.07 Å². The van der Waals surface area contributed by atoms with Crippen LogP contribution in [0.15, 0.2) is 18.2 Å². The van der Waals surface area contributed by atoms with Gasteiger partial charge in [-0.15, -0.1) is 0 Å². The van der Waals surface area contributed by atoms with Crippen LogP contribution in [0, 0.1) is 21.4 Å². The SMILES string of the molecule is CC(CO)(CO)Nc1ccc([N+](=O)[O-])cc1C#N. The third-order valence-corrected chi connectivity index (χ3v) is 2.47. The molecular formula is C11H13N3O4. The monoisotopic (exact) mass is 251 g/mol. The summed E-state index contributed by atoms with van der Waals surface area (Å²) in [5.41, 5.74) is -0.778. The van der Waals surface area contributed by atoms with Crippen LogP contribution in [0.4, 0.5) is 11.4 Å². The number of aliphatic hydroxyl groups is 2. The number of rotatable bonds is 5. The number of benzene rings is 1. The van der Waals surface area contributed by atoms with E-state index >= 15 is 0 Å². The van der Waals surface area contributed by atoms with Crippen molar-refractivity contribution >= 4 is 11.4 Å². The standard InChI is InChI=1S/C11H13N3O4/c1-11(6-15,7-16)13-10-3-2-9(14(17)18)4-8(10)5-12/h2-4,13,15-16H,6-7H2,1H3. The highest BCUT2D eigenvalue weighted by Gasteiger charge is 2.23. The molecule has 0 saturated carbocycles. The van der Waals surface area contributed by atoms with Crippen LogP contribution < -0.4 is 5.32 Å². The number of non-ortho nitro benzene ring substituents is 1. The summed E-state index contributed by atoms with van der Waals surface area (Å²) >= 11 is 0. The number of nitrogens with zero attached hydrogens (tertiary/aromatic N) is 2. The van der Waals surface area contributed by atoms with Gasteiger partial charge in [0.25, 0.3) is 5.69 Å². The molecule has 0 radical (unpaired) electrons. The third kappa shape index (κ3) is 2.94. The van der Waals surface area contributed by atoms with Gasteiger partial charge >= 0.3 is 0 Å². The summed E-state index contributed by atoms with van der Waals surface area (Å²) in [4.78, 5) is 9.98. The molecule has 3 N–H and O–H groups in total. The number of hydrogen-bond acceptors (Lipinski definition) is 6. The fraction of sp³-hybridized carbons (Fsp3) is 0.364. The zero-order valence-electron chi connectivity index (χ0n) is 9.75. The molecule has 0 fully saturated rings. The molecule has 1 aromatic carbocycles. The second-order valence-electron chi connectivity index (χ2n) is 4.10. The van der Waals surface area contributed by atoms with Crippen LogP contribution in [0.1, 0.15) is 12.5 Å². The van der Waals surface area contributed by atoms with Crippen molar-refractivity contribution < 1.29 is 15.1 Å². The van der Waals surface area contributed by atoms with Gasteiger partial charge in [-0.2, -0.15) is 5.26 Å². The summed E-state index contributed by atoms with van der Waals surface area (Å²) in [7, 11) is 0. The van der Waals surface area contributed by atoms with Crippen molar-refractivity contribution in [2.24, 2.45) is 0 Å². The molecule has 1 rings (SSSR count). The second kappa shape index (κ2) is 5.44. The minimum atomic E-state index is -0.998. The van der Waals surface area contributed by atoms with Crippen molar-refractivity contribution in [1.82, 2.24) is 0 Å². The zero-order chi connectivity index (χ0) is 13.8. The van der Waals surface area contributed by atoms with Crippen molar-refractivity contribution in [3.05, 3.63) is 33.9 Å². The number of hydrogen-bond donors (Lipinski definition) is 3. The first kappa shape index (κ1) is 13.9. The summed E-state index contributed by atoms with van der Waals surface area (Å²) in [6, 6.07) is 5.59. The highest BCUT2D eigenvalue weighted by Crippen LogP contribution is 2.24. The molecule has 0 amide bonds. The molecule has 0 spiro atoms. The van der Waals surface area contributed by atoms with E-state index in [1.807, 2.05) is 6.07 Å². The van der Waals surface area contributed by atoms with E-state index in [0.717, 1.165) is 6.07 Å². The van der Waals surface area contributed by atoms with E-state index in [1.54, 1.807) is 6.92 Å². The molecule has 0 aromatic heterocycles. The van der Waals surface area contributed by atoms with Crippen LogP contribution in [0.25, 0.3) is 0 Å². The Bertz CT molecular complexity index is 492. The van der Waals surface area contributed by atoms with E-state index in [4.69, 9.17) is 15.5 Å². The van der Waals surface area contributed by atoms with Gasteiger partial charge < -0.3 is 15.5 Å². The maximum absolute atomic E-state index is 10.6. The van der Waals surface area contributed by atoms with Crippen LogP contribution in [-0.4, -0.2) is 33.9 Å². The molecule has 7 nitrogen and oxygen atoms in total. The first-order valence-electron chi connectivity index (χ1n) is 5.14. The van der Waals surface area contributed by atoms with E-state index in [9.17, 15) is 10.1 Å². The molecule has 0 heterocycles. The summed E-state index contributed by atoms with van der Waals surface area (Å²) in [5, 5.41) is 40.6. The molecule has 0 bridgehead atoms. The molecule has 0 saturated heterocycles. The largest absolute Gasteiger partial charge is 0.394 e. The lowest BCUT2D eigenvalue weighted by Crippen LogP contribution is -2.42. The first-order chi connectivity index (χ1) is 8.45. The van der Waals surface area contributed by atoms with Crippen molar-refractivity contribution in [2.75, 3.05) is 18.5 Å². The van der Waals surface area contributed by atoms with E-state index in [2.05, 4.69) is 5.32 Å². The quantitative estimate of drug-likeness (QED) is 0.521. The minimum absolute atomic E-state index is 0.0809. The molecule has 96 valence electrons. The molecule has 0 aliphatic rings. The van der Waals surface area contributed by atoms with Gasteiger partial charge in [-0.05, 0) is 13.0 Å². The van der Waals surface area contributed by atoms with Gasteiger partial charge in [-0.3, -0.25) is 10.1 Å². The Labute approximate surface area is 103 Å². The van der Waals surface area contributed by atoms with Gasteiger partial charge in [0.05, 0.1) is 34.9 Å². The number of nitro benzene ring substituents is 1. The third-order valence-electron chi connectivity index (χ3n) is 2.47. The van der Waals surface area contributed by atoms with Crippen LogP contribution in [0.5, 0.6) is 0 Å². The summed E-state index contributed by atoms with van der Waals surface area (Å²) in [6.07, 6.45) is 0. The number of aliphatic hydroxyl groups excluding tert-OH is 2. The Hall–Kier alpha value is -2.17. The molecule has 18 heavy (non-hydrogen) atoms. The number of nitrogens with one attached hydrogen (secondary N) is 1. The molecule has 1 aromatic rings. The average Bonchev–Trinajstić information content (AvgIpc) is 2.38. The van der Waals surface area contributed by atoms with Gasteiger partial charge in [0.2, 0.25) is 0 Å². The zero-order valence-corrected chi connectivity index (χ0v) is 9.75. The lowest BCUT2D eigenvalue weighted by molar-refractivity contribution is -0.384. The van der Waals surface area contributed by atoms with Gasteiger partial charge in [-0.25, -0.2) is 0 Å². The highest BCUT2D eigenvalue weighted by atomic mass is 16.6. The van der Waals surface area contributed by atoms with Crippen molar-refractivity contribution in [2.45, 2.75) is 12.5 Å². The lowest BCUT2D eigenvalue weighted by atomic mass is 10.0. The first-order valence-corrected chi connectivity index (χ1v) is 5.14. The van der Waals surface area contributed by atoms with Crippen molar-refractivity contribution in [3.63, 3.8) is 0 Å².